The molecule has 0 saturated heterocycles. The van der Waals surface area contributed by atoms with E-state index in [9.17, 15) is 13.2 Å². The molecule has 0 aromatic heterocycles. The molecule has 0 bridgehead atoms. The van der Waals surface area contributed by atoms with Crippen LogP contribution in [0.4, 0.5) is 0 Å². The highest BCUT2D eigenvalue weighted by Gasteiger charge is 2.20. The first-order chi connectivity index (χ1) is 11.3. The first-order valence-electron chi connectivity index (χ1n) is 6.42. The van der Waals surface area contributed by atoms with Gasteiger partial charge in [0.2, 0.25) is 0 Å². The maximum absolute atomic E-state index is 12.1. The largest absolute Gasteiger partial charge is 0.484 e. The molecule has 2 aromatic carbocycles. The number of sulfonamides is 1. The van der Waals surface area contributed by atoms with Gasteiger partial charge in [0, 0.05) is 5.02 Å². The van der Waals surface area contributed by atoms with Gasteiger partial charge in [0.1, 0.15) is 10.6 Å². The van der Waals surface area contributed by atoms with Crippen molar-refractivity contribution in [3.63, 3.8) is 0 Å². The molecule has 0 aliphatic rings. The molecule has 2 rings (SSSR count). The van der Waals surface area contributed by atoms with Crippen LogP contribution in [0.2, 0.25) is 15.1 Å². The molecule has 1 amide bonds. The quantitative estimate of drug-likeness (QED) is 0.718. The summed E-state index contributed by atoms with van der Waals surface area (Å²) in [6.45, 7) is -0.395. The summed E-state index contributed by atoms with van der Waals surface area (Å²) < 4.78 is 29.4. The van der Waals surface area contributed by atoms with E-state index < -0.39 is 22.5 Å². The number of carbonyl (C=O) groups is 1. The summed E-state index contributed by atoms with van der Waals surface area (Å²) >= 11 is 17.3. The average molecular weight is 410 g/mol. The Balaban J connectivity index is 1.93. The van der Waals surface area contributed by atoms with Crippen molar-refractivity contribution in [2.24, 2.45) is 0 Å². The van der Waals surface area contributed by atoms with Crippen molar-refractivity contribution in [3.05, 3.63) is 57.5 Å². The van der Waals surface area contributed by atoms with E-state index in [4.69, 9.17) is 39.5 Å². The molecule has 0 radical (unpaired) electrons. The Morgan fingerprint density at radius 2 is 1.71 bits per heavy atom. The van der Waals surface area contributed by atoms with E-state index >= 15 is 0 Å². The predicted molar refractivity (Wildman–Crippen MR) is 91.9 cm³/mol. The van der Waals surface area contributed by atoms with Crippen LogP contribution in [-0.2, 0) is 14.8 Å². The lowest BCUT2D eigenvalue weighted by molar-refractivity contribution is -0.123. The summed E-state index contributed by atoms with van der Waals surface area (Å²) in [5.41, 5.74) is 2.02. The van der Waals surface area contributed by atoms with Gasteiger partial charge in [-0.3, -0.25) is 10.2 Å². The second-order valence-corrected chi connectivity index (χ2v) is 7.32. The van der Waals surface area contributed by atoms with Gasteiger partial charge in [0.15, 0.2) is 6.61 Å². The third-order valence-corrected chi connectivity index (χ3v) is 5.19. The van der Waals surface area contributed by atoms with Crippen molar-refractivity contribution in [2.45, 2.75) is 4.90 Å². The molecule has 6 nitrogen and oxygen atoms in total. The van der Waals surface area contributed by atoms with Gasteiger partial charge >= 0.3 is 0 Å². The molecule has 0 heterocycles. The standard InChI is InChI=1S/C14H11Cl3N2O4S/c15-9-4-6-10(7-5-9)23-8-13(20)18-19-24(21,22)12-3-1-2-11(16)14(12)17/h1-7,19H,8H2,(H,18,20). The lowest BCUT2D eigenvalue weighted by Crippen LogP contribution is -2.43. The van der Waals surface area contributed by atoms with E-state index in [2.05, 4.69) is 0 Å². The summed E-state index contributed by atoms with van der Waals surface area (Å²) in [5.74, 6) is -0.290. The highest BCUT2D eigenvalue weighted by molar-refractivity contribution is 7.89. The minimum absolute atomic E-state index is 0.0805. The lowest BCUT2D eigenvalue weighted by atomic mass is 10.3. The molecule has 0 unspecified atom stereocenters. The Hall–Kier alpha value is -1.51. The van der Waals surface area contributed by atoms with Crippen LogP contribution in [-0.4, -0.2) is 20.9 Å². The molecular formula is C14H11Cl3N2O4S. The molecule has 24 heavy (non-hydrogen) atoms. The molecule has 0 spiro atoms. The number of halogens is 3. The van der Waals surface area contributed by atoms with Crippen LogP contribution in [0.15, 0.2) is 47.4 Å². The third-order valence-electron chi connectivity index (χ3n) is 2.71. The predicted octanol–water partition coefficient (Wildman–Crippen LogP) is 3.04. The highest BCUT2D eigenvalue weighted by Crippen LogP contribution is 2.28. The first-order valence-corrected chi connectivity index (χ1v) is 9.04. The number of rotatable bonds is 6. The fourth-order valence-electron chi connectivity index (χ4n) is 1.59. The van der Waals surface area contributed by atoms with Gasteiger partial charge in [-0.05, 0) is 36.4 Å². The summed E-state index contributed by atoms with van der Waals surface area (Å²) in [7, 11) is -4.07. The van der Waals surface area contributed by atoms with Gasteiger partial charge in [0.25, 0.3) is 15.9 Å². The van der Waals surface area contributed by atoms with Crippen molar-refractivity contribution in [3.8, 4) is 5.75 Å². The van der Waals surface area contributed by atoms with Crippen molar-refractivity contribution >= 4 is 50.7 Å². The van der Waals surface area contributed by atoms with Crippen LogP contribution in [0.3, 0.4) is 0 Å². The van der Waals surface area contributed by atoms with Gasteiger partial charge in [-0.15, -0.1) is 4.83 Å². The zero-order valence-corrected chi connectivity index (χ0v) is 15.0. The van der Waals surface area contributed by atoms with Gasteiger partial charge in [-0.25, -0.2) is 8.42 Å². The molecule has 0 atom stereocenters. The van der Waals surface area contributed by atoms with Crippen molar-refractivity contribution in [1.29, 1.82) is 0 Å². The lowest BCUT2D eigenvalue weighted by Gasteiger charge is -2.11. The molecule has 2 N–H and O–H groups in total. The molecule has 10 heteroatoms. The molecule has 0 aliphatic heterocycles. The van der Waals surface area contributed by atoms with Crippen molar-refractivity contribution < 1.29 is 17.9 Å². The summed E-state index contributed by atoms with van der Waals surface area (Å²) in [4.78, 5) is 13.3. The number of hydrazine groups is 1. The highest BCUT2D eigenvalue weighted by atomic mass is 35.5. The number of amides is 1. The van der Waals surface area contributed by atoms with Gasteiger partial charge < -0.3 is 4.74 Å². The summed E-state index contributed by atoms with van der Waals surface area (Å²) in [6, 6.07) is 10.5. The minimum atomic E-state index is -4.07. The number of hydrogen-bond acceptors (Lipinski definition) is 4. The van der Waals surface area contributed by atoms with Crippen LogP contribution in [0.5, 0.6) is 5.75 Å². The number of hydrogen-bond donors (Lipinski definition) is 2. The fraction of sp³-hybridized carbons (Fsp3) is 0.0714. The van der Waals surface area contributed by atoms with E-state index in [1.165, 1.54) is 18.2 Å². The van der Waals surface area contributed by atoms with Crippen LogP contribution in [0.1, 0.15) is 0 Å². The molecule has 0 aliphatic carbocycles. The van der Waals surface area contributed by atoms with E-state index in [1.54, 1.807) is 24.3 Å². The number of ether oxygens (including phenoxy) is 1. The summed E-state index contributed by atoms with van der Waals surface area (Å²) in [6.07, 6.45) is 0. The molecular weight excluding hydrogens is 399 g/mol. The van der Waals surface area contributed by atoms with E-state index in [1.807, 2.05) is 10.3 Å². The van der Waals surface area contributed by atoms with Crippen LogP contribution in [0.25, 0.3) is 0 Å². The van der Waals surface area contributed by atoms with Crippen LogP contribution in [0, 0.1) is 0 Å². The first kappa shape index (κ1) is 18.8. The Kier molecular flexibility index (Phi) is 6.31. The van der Waals surface area contributed by atoms with Crippen LogP contribution >= 0.6 is 34.8 Å². The average Bonchev–Trinajstić information content (AvgIpc) is 2.55. The number of benzene rings is 2. The van der Waals surface area contributed by atoms with Gasteiger partial charge in [0.05, 0.1) is 10.0 Å². The van der Waals surface area contributed by atoms with E-state index in [0.29, 0.717) is 10.8 Å². The topological polar surface area (TPSA) is 84.5 Å². The second kappa shape index (κ2) is 8.04. The smallest absolute Gasteiger partial charge is 0.272 e. The minimum Gasteiger partial charge on any atom is -0.484 e. The van der Waals surface area contributed by atoms with Crippen molar-refractivity contribution in [1.82, 2.24) is 10.3 Å². The normalized spacial score (nSPS) is 11.1. The molecule has 128 valence electrons. The van der Waals surface area contributed by atoms with Gasteiger partial charge in [-0.2, -0.15) is 0 Å². The monoisotopic (exact) mass is 408 g/mol. The van der Waals surface area contributed by atoms with E-state index in [0.717, 1.165) is 0 Å². The zero-order chi connectivity index (χ0) is 17.7. The number of nitrogens with one attached hydrogen (secondary N) is 2. The third kappa shape index (κ3) is 4.99. The molecule has 0 fully saturated rings. The zero-order valence-electron chi connectivity index (χ0n) is 11.9. The Morgan fingerprint density at radius 3 is 2.38 bits per heavy atom. The molecule has 0 saturated carbocycles. The van der Waals surface area contributed by atoms with Crippen LogP contribution < -0.4 is 15.0 Å². The van der Waals surface area contributed by atoms with E-state index in [-0.39, 0.29) is 14.9 Å². The maximum Gasteiger partial charge on any atom is 0.272 e. The Morgan fingerprint density at radius 1 is 1.04 bits per heavy atom. The molecule has 2 aromatic rings. The summed E-state index contributed by atoms with van der Waals surface area (Å²) in [5, 5.41) is 0.466. The van der Waals surface area contributed by atoms with Crippen molar-refractivity contribution in [2.75, 3.05) is 6.61 Å². The SMILES string of the molecule is O=C(COc1ccc(Cl)cc1)NNS(=O)(=O)c1cccc(Cl)c1Cl. The Bertz CT molecular complexity index is 842. The Labute approximate surface area is 153 Å². The number of carbonyl (C=O) groups excluding carboxylic acids is 1. The maximum atomic E-state index is 12.1. The second-order valence-electron chi connectivity index (χ2n) is 4.45. The van der Waals surface area contributed by atoms with Gasteiger partial charge in [-0.1, -0.05) is 40.9 Å². The fourth-order valence-corrected chi connectivity index (χ4v) is 3.34.